The number of thiophene rings is 1. The van der Waals surface area contributed by atoms with Crippen molar-refractivity contribution in [3.05, 3.63) is 44.9 Å². The molecular weight excluding hydrogens is 325 g/mol. The molecule has 0 amide bonds. The van der Waals surface area contributed by atoms with Gasteiger partial charge in [-0.3, -0.25) is 4.72 Å². The summed E-state index contributed by atoms with van der Waals surface area (Å²) in [5.74, 6) is -0.639. The Kier molecular flexibility index (Phi) is 4.33. The Bertz CT molecular complexity index is 723. The first-order valence-corrected chi connectivity index (χ1v) is 8.24. The topological polar surface area (TPSA) is 66.4 Å². The smallest absolute Gasteiger partial charge is 0.263 e. The fraction of sp³-hybridized carbons (Fsp3) is 0.167. The van der Waals surface area contributed by atoms with Gasteiger partial charge in [-0.05, 0) is 36.1 Å². The molecule has 2 aromatic rings. The van der Waals surface area contributed by atoms with Gasteiger partial charge >= 0.3 is 0 Å². The van der Waals surface area contributed by atoms with Gasteiger partial charge in [0.25, 0.3) is 10.0 Å². The fourth-order valence-corrected chi connectivity index (χ4v) is 4.70. The average Bonchev–Trinajstić information content (AvgIpc) is 2.69. The van der Waals surface area contributed by atoms with Crippen molar-refractivity contribution in [1.82, 2.24) is 0 Å². The number of aryl methyl sites for hydroxylation is 1. The van der Waals surface area contributed by atoms with Gasteiger partial charge in [0.2, 0.25) is 0 Å². The van der Waals surface area contributed by atoms with Crippen molar-refractivity contribution in [2.45, 2.75) is 18.4 Å². The first kappa shape index (κ1) is 15.2. The minimum absolute atomic E-state index is 0.0189. The van der Waals surface area contributed by atoms with E-state index in [1.54, 1.807) is 12.3 Å². The predicted octanol–water partition coefficient (Wildman–Crippen LogP) is 3.14. The summed E-state index contributed by atoms with van der Waals surface area (Å²) in [6, 6.07) is 3.42. The number of aliphatic hydroxyl groups excluding tert-OH is 1. The molecule has 108 valence electrons. The van der Waals surface area contributed by atoms with Crippen molar-refractivity contribution in [1.29, 1.82) is 0 Å². The lowest BCUT2D eigenvalue weighted by Crippen LogP contribution is -2.15. The minimum Gasteiger partial charge on any atom is -0.391 e. The molecule has 0 radical (unpaired) electrons. The van der Waals surface area contributed by atoms with Crippen LogP contribution in [0.3, 0.4) is 0 Å². The first-order chi connectivity index (χ1) is 9.33. The standard InChI is InChI=1S/C12H11ClFNO3S2/c1-7-6-19-11(5-16)12(7)20(17,18)15-10-3-8(13)2-9(14)4-10/h2-4,6,15-16H,5H2,1H3. The van der Waals surface area contributed by atoms with Crippen LogP contribution in [0.5, 0.6) is 0 Å². The van der Waals surface area contributed by atoms with Crippen LogP contribution < -0.4 is 4.72 Å². The van der Waals surface area contributed by atoms with Crippen LogP contribution in [0.25, 0.3) is 0 Å². The second-order valence-electron chi connectivity index (χ2n) is 4.09. The second-order valence-corrected chi connectivity index (χ2v) is 7.11. The van der Waals surface area contributed by atoms with Gasteiger partial charge in [0, 0.05) is 5.02 Å². The fourth-order valence-electron chi connectivity index (χ4n) is 1.78. The van der Waals surface area contributed by atoms with E-state index < -0.39 is 15.8 Å². The van der Waals surface area contributed by atoms with Crippen LogP contribution >= 0.6 is 22.9 Å². The Morgan fingerprint density at radius 2 is 2.10 bits per heavy atom. The summed E-state index contributed by atoms with van der Waals surface area (Å²) in [7, 11) is -3.90. The van der Waals surface area contributed by atoms with Crippen LogP contribution in [-0.2, 0) is 16.6 Å². The van der Waals surface area contributed by atoms with Crippen molar-refractivity contribution in [3.8, 4) is 0 Å². The highest BCUT2D eigenvalue weighted by Crippen LogP contribution is 2.29. The van der Waals surface area contributed by atoms with Gasteiger partial charge < -0.3 is 5.11 Å². The van der Waals surface area contributed by atoms with E-state index in [-0.39, 0.29) is 22.2 Å². The van der Waals surface area contributed by atoms with E-state index >= 15 is 0 Å². The highest BCUT2D eigenvalue weighted by Gasteiger charge is 2.23. The van der Waals surface area contributed by atoms with Gasteiger partial charge in [-0.25, -0.2) is 12.8 Å². The Morgan fingerprint density at radius 3 is 2.70 bits per heavy atom. The van der Waals surface area contributed by atoms with Gasteiger partial charge in [-0.15, -0.1) is 11.3 Å². The summed E-state index contributed by atoms with van der Waals surface area (Å²) in [5, 5.41) is 10.9. The second kappa shape index (κ2) is 5.69. The maximum absolute atomic E-state index is 13.2. The van der Waals surface area contributed by atoms with Crippen molar-refractivity contribution in [2.75, 3.05) is 4.72 Å². The Morgan fingerprint density at radius 1 is 1.40 bits per heavy atom. The number of benzene rings is 1. The quantitative estimate of drug-likeness (QED) is 0.902. The minimum atomic E-state index is -3.90. The summed E-state index contributed by atoms with van der Waals surface area (Å²) in [4.78, 5) is 0.350. The number of halogens is 2. The van der Waals surface area contributed by atoms with Gasteiger partial charge in [0.05, 0.1) is 17.2 Å². The SMILES string of the molecule is Cc1csc(CO)c1S(=O)(=O)Nc1cc(F)cc(Cl)c1. The maximum atomic E-state index is 13.2. The van der Waals surface area contributed by atoms with Gasteiger partial charge in [-0.1, -0.05) is 11.6 Å². The molecule has 2 rings (SSSR count). The number of hydrogen-bond donors (Lipinski definition) is 2. The number of sulfonamides is 1. The summed E-state index contributed by atoms with van der Waals surface area (Å²) < 4.78 is 40.1. The zero-order valence-electron chi connectivity index (χ0n) is 10.4. The maximum Gasteiger partial charge on any atom is 0.263 e. The summed E-state index contributed by atoms with van der Waals surface area (Å²) >= 11 is 6.83. The largest absolute Gasteiger partial charge is 0.391 e. The number of rotatable bonds is 4. The normalized spacial score (nSPS) is 11.6. The zero-order valence-corrected chi connectivity index (χ0v) is 12.7. The third-order valence-electron chi connectivity index (χ3n) is 2.52. The Balaban J connectivity index is 2.43. The van der Waals surface area contributed by atoms with Crippen LogP contribution in [0.2, 0.25) is 5.02 Å². The molecule has 0 saturated heterocycles. The molecule has 8 heteroatoms. The van der Waals surface area contributed by atoms with Gasteiger partial charge in [-0.2, -0.15) is 0 Å². The molecule has 0 aliphatic rings. The summed E-state index contributed by atoms with van der Waals surface area (Å²) in [6.45, 7) is 1.25. The highest BCUT2D eigenvalue weighted by atomic mass is 35.5. The molecule has 4 nitrogen and oxygen atoms in total. The molecule has 20 heavy (non-hydrogen) atoms. The van der Waals surface area contributed by atoms with Crippen molar-refractivity contribution >= 4 is 38.6 Å². The van der Waals surface area contributed by atoms with E-state index in [2.05, 4.69) is 4.72 Å². The van der Waals surface area contributed by atoms with Crippen LogP contribution in [-0.4, -0.2) is 13.5 Å². The molecule has 0 aliphatic heterocycles. The Hall–Kier alpha value is -1.15. The van der Waals surface area contributed by atoms with Crippen molar-refractivity contribution in [3.63, 3.8) is 0 Å². The lowest BCUT2D eigenvalue weighted by Gasteiger charge is -2.10. The van der Waals surface area contributed by atoms with Crippen LogP contribution in [0.15, 0.2) is 28.5 Å². The van der Waals surface area contributed by atoms with Crippen LogP contribution in [0, 0.1) is 12.7 Å². The van der Waals surface area contributed by atoms with Gasteiger partial charge in [0.1, 0.15) is 10.7 Å². The Labute approximate surface area is 124 Å². The summed E-state index contributed by atoms with van der Waals surface area (Å²) in [5.41, 5.74) is 0.554. The molecule has 0 bridgehead atoms. The van der Waals surface area contributed by atoms with E-state index in [0.717, 1.165) is 23.5 Å². The average molecular weight is 336 g/mol. The van der Waals surface area contributed by atoms with Crippen LogP contribution in [0.1, 0.15) is 10.4 Å². The first-order valence-electron chi connectivity index (χ1n) is 5.50. The molecule has 0 spiro atoms. The number of nitrogens with one attached hydrogen (secondary N) is 1. The zero-order chi connectivity index (χ0) is 14.9. The summed E-state index contributed by atoms with van der Waals surface area (Å²) in [6.07, 6.45) is 0. The number of anilines is 1. The molecule has 0 unspecified atom stereocenters. The molecule has 0 fully saturated rings. The molecule has 0 atom stereocenters. The van der Waals surface area contributed by atoms with Crippen LogP contribution in [0.4, 0.5) is 10.1 Å². The monoisotopic (exact) mass is 335 g/mol. The third kappa shape index (κ3) is 3.12. The number of aliphatic hydroxyl groups is 1. The van der Waals surface area contributed by atoms with Gasteiger partial charge in [0.15, 0.2) is 0 Å². The van der Waals surface area contributed by atoms with E-state index in [1.807, 2.05) is 0 Å². The van der Waals surface area contributed by atoms with E-state index in [0.29, 0.717) is 10.4 Å². The number of hydrogen-bond acceptors (Lipinski definition) is 4. The highest BCUT2D eigenvalue weighted by molar-refractivity contribution is 7.93. The molecular formula is C12H11ClFNO3S2. The molecule has 0 saturated carbocycles. The van der Waals surface area contributed by atoms with E-state index in [4.69, 9.17) is 11.6 Å². The predicted molar refractivity (Wildman–Crippen MR) is 77.2 cm³/mol. The molecule has 1 heterocycles. The van der Waals surface area contributed by atoms with E-state index in [1.165, 1.54) is 6.07 Å². The molecule has 1 aromatic carbocycles. The van der Waals surface area contributed by atoms with Crippen molar-refractivity contribution in [2.24, 2.45) is 0 Å². The molecule has 0 aliphatic carbocycles. The lowest BCUT2D eigenvalue weighted by atomic mass is 10.3. The lowest BCUT2D eigenvalue weighted by molar-refractivity contribution is 0.282. The molecule has 1 aromatic heterocycles. The van der Waals surface area contributed by atoms with Crippen molar-refractivity contribution < 1.29 is 17.9 Å². The molecule has 2 N–H and O–H groups in total. The van der Waals surface area contributed by atoms with E-state index in [9.17, 15) is 17.9 Å². The third-order valence-corrected chi connectivity index (χ3v) is 5.56.